The Morgan fingerprint density at radius 2 is 1.58 bits per heavy atom. The molecular formula is C15H34N2OV. The van der Waals surface area contributed by atoms with Gasteiger partial charge in [-0.3, -0.25) is 0 Å². The van der Waals surface area contributed by atoms with Gasteiger partial charge in [-0.1, -0.05) is 0 Å². The van der Waals surface area contributed by atoms with E-state index in [1.807, 2.05) is 0 Å². The first kappa shape index (κ1) is 21.6. The molecule has 0 bridgehead atoms. The molecule has 0 atom stereocenters. The minimum Gasteiger partial charge on any atom is -0.400 e. The first-order valence-electron chi connectivity index (χ1n) is 7.44. The van der Waals surface area contributed by atoms with Gasteiger partial charge in [0.15, 0.2) is 0 Å². The van der Waals surface area contributed by atoms with E-state index in [2.05, 4.69) is 55.3 Å². The summed E-state index contributed by atoms with van der Waals surface area (Å²) in [6.07, 6.45) is 8.01. The number of nitrogens with one attached hydrogen (secondary N) is 2. The first-order chi connectivity index (χ1) is 8.95. The summed E-state index contributed by atoms with van der Waals surface area (Å²) in [5.74, 6) is 0. The van der Waals surface area contributed by atoms with Crippen LogP contribution in [0.25, 0.3) is 0 Å². The molecular weight excluding hydrogens is 275 g/mol. The van der Waals surface area contributed by atoms with Gasteiger partial charge in [-0.05, 0) is 0 Å². The molecule has 0 rings (SSSR count). The second kappa shape index (κ2) is 14.7. The topological polar surface area (TPSA) is 44.3 Å². The van der Waals surface area contributed by atoms with Crippen LogP contribution in [0.2, 0.25) is 0 Å². The molecule has 0 amide bonds. The van der Waals surface area contributed by atoms with Crippen LogP contribution < -0.4 is 10.6 Å². The summed E-state index contributed by atoms with van der Waals surface area (Å²) in [5, 5.41) is 14.0. The van der Waals surface area contributed by atoms with Crippen LogP contribution in [-0.4, -0.2) is 35.2 Å². The van der Waals surface area contributed by atoms with E-state index in [1.54, 1.807) is 0 Å². The first-order valence-corrected chi connectivity index (χ1v) is 8.14. The minimum absolute atomic E-state index is 0.227. The second-order valence-corrected chi connectivity index (χ2v) is 6.56. The van der Waals surface area contributed by atoms with Crippen LogP contribution in [0, 0.1) is 0 Å². The van der Waals surface area contributed by atoms with Crippen LogP contribution in [0.4, 0.5) is 0 Å². The molecule has 3 N–H and O–H groups in total. The predicted octanol–water partition coefficient (Wildman–Crippen LogP) is 2.61. The van der Waals surface area contributed by atoms with Crippen LogP contribution >= 0.6 is 0 Å². The molecule has 3 nitrogen and oxygen atoms in total. The Bertz CT molecular complexity index is 203. The molecule has 0 aliphatic heterocycles. The summed E-state index contributed by atoms with van der Waals surface area (Å²) in [7, 11) is 1.00. The van der Waals surface area contributed by atoms with Gasteiger partial charge in [0.25, 0.3) is 0 Å². The van der Waals surface area contributed by atoms with E-state index in [0.717, 1.165) is 20.2 Å². The van der Waals surface area contributed by atoms with Crippen molar-refractivity contribution >= 4 is 4.35 Å². The van der Waals surface area contributed by atoms with E-state index in [4.69, 9.17) is 5.11 Å². The minimum atomic E-state index is 0.227. The van der Waals surface area contributed by atoms with Crippen molar-refractivity contribution in [3.8, 4) is 0 Å². The van der Waals surface area contributed by atoms with Gasteiger partial charge in [-0.2, -0.15) is 0 Å². The Kier molecular flexibility index (Phi) is 16.8. The van der Waals surface area contributed by atoms with Gasteiger partial charge in [-0.25, -0.2) is 0 Å². The summed E-state index contributed by atoms with van der Waals surface area (Å²) in [5.41, 5.74) is 0.227. The molecule has 115 valence electrons. The molecule has 4 heteroatoms. The van der Waals surface area contributed by atoms with Crippen molar-refractivity contribution in [3.63, 3.8) is 0 Å². The van der Waals surface area contributed by atoms with Crippen molar-refractivity contribution in [1.82, 2.24) is 10.6 Å². The summed E-state index contributed by atoms with van der Waals surface area (Å²) >= 11 is 2.68. The van der Waals surface area contributed by atoms with E-state index >= 15 is 0 Å². The van der Waals surface area contributed by atoms with E-state index in [9.17, 15) is 0 Å². The Morgan fingerprint density at radius 3 is 2.11 bits per heavy atom. The van der Waals surface area contributed by atoms with Crippen molar-refractivity contribution < 1.29 is 22.1 Å². The van der Waals surface area contributed by atoms with Crippen LogP contribution in [0.15, 0.2) is 0 Å². The van der Waals surface area contributed by atoms with Gasteiger partial charge in [0, 0.05) is 7.11 Å². The van der Waals surface area contributed by atoms with Crippen LogP contribution in [-0.2, 0) is 17.0 Å². The van der Waals surface area contributed by atoms with Gasteiger partial charge in [0.05, 0.1) is 0 Å². The number of aliphatic hydroxyl groups is 1. The molecule has 0 heterocycles. The van der Waals surface area contributed by atoms with Crippen molar-refractivity contribution in [1.29, 1.82) is 0 Å². The summed E-state index contributed by atoms with van der Waals surface area (Å²) in [4.78, 5) is 0. The third-order valence-electron chi connectivity index (χ3n) is 2.63. The van der Waals surface area contributed by atoms with E-state index in [0.29, 0.717) is 0 Å². The maximum Gasteiger partial charge on any atom is 0.0319 e. The van der Waals surface area contributed by atoms with Crippen molar-refractivity contribution in [2.24, 2.45) is 0 Å². The third-order valence-corrected chi connectivity index (χ3v) is 3.22. The van der Waals surface area contributed by atoms with Gasteiger partial charge >= 0.3 is 117 Å². The normalized spacial score (nSPS) is 10.8. The molecule has 0 spiro atoms. The Hall–Kier alpha value is 0.334. The molecule has 0 saturated heterocycles. The molecule has 19 heavy (non-hydrogen) atoms. The number of rotatable bonds is 10. The van der Waals surface area contributed by atoms with Gasteiger partial charge < -0.3 is 5.11 Å². The number of aliphatic hydroxyl groups excluding tert-OH is 1. The van der Waals surface area contributed by atoms with Crippen molar-refractivity contribution in [3.05, 3.63) is 0 Å². The number of unbranched alkanes of at least 4 members (excludes halogenated alkanes) is 4. The van der Waals surface area contributed by atoms with E-state index in [-0.39, 0.29) is 5.54 Å². The fourth-order valence-corrected chi connectivity index (χ4v) is 2.05. The SMILES string of the molecule is CCCCCCC[C](=[V])NCCNC(C)(C)C.CO. The van der Waals surface area contributed by atoms with Crippen LogP contribution in [0.5, 0.6) is 0 Å². The Morgan fingerprint density at radius 1 is 1.00 bits per heavy atom. The molecule has 0 aromatic rings. The number of hydrogen-bond acceptors (Lipinski definition) is 3. The molecule has 0 radical (unpaired) electrons. The van der Waals surface area contributed by atoms with E-state index < -0.39 is 0 Å². The molecule has 0 fully saturated rings. The molecule has 0 aliphatic carbocycles. The average molecular weight is 309 g/mol. The molecule has 0 aromatic heterocycles. The maximum atomic E-state index is 7.00. The Labute approximate surface area is 129 Å². The largest absolute Gasteiger partial charge is 0.400 e. The van der Waals surface area contributed by atoms with Crippen LogP contribution in [0.3, 0.4) is 0 Å². The fourth-order valence-electron chi connectivity index (χ4n) is 1.63. The van der Waals surface area contributed by atoms with Crippen LogP contribution in [0.1, 0.15) is 66.2 Å². The molecule has 0 unspecified atom stereocenters. The van der Waals surface area contributed by atoms with Crippen molar-refractivity contribution in [2.45, 2.75) is 71.8 Å². The zero-order valence-corrected chi connectivity index (χ0v) is 14.9. The fraction of sp³-hybridized carbons (Fsp3) is 0.933. The second-order valence-electron chi connectivity index (χ2n) is 5.71. The average Bonchev–Trinajstić information content (AvgIpc) is 2.36. The van der Waals surface area contributed by atoms with Gasteiger partial charge in [0.1, 0.15) is 0 Å². The zero-order chi connectivity index (χ0) is 15.1. The standard InChI is InChI=1S/C14H30N2.CH4O.V/c1-5-6-7-8-9-10-11-15-12-13-16-14(2,3)4;1-2;/h15-16H,5-10,12-13H2,1-4H3;2H,1H3;. The molecule has 0 aliphatic rings. The van der Waals surface area contributed by atoms with Gasteiger partial charge in [0.2, 0.25) is 0 Å². The third kappa shape index (κ3) is 20.8. The quantitative estimate of drug-likeness (QED) is 0.544. The van der Waals surface area contributed by atoms with E-state index in [1.165, 1.54) is 42.9 Å². The molecule has 0 aromatic carbocycles. The zero-order valence-electron chi connectivity index (χ0n) is 13.6. The number of hydrogen-bond donors (Lipinski definition) is 3. The monoisotopic (exact) mass is 309 g/mol. The summed E-state index contributed by atoms with van der Waals surface area (Å²) in [6.45, 7) is 10.9. The molecule has 0 saturated carbocycles. The van der Waals surface area contributed by atoms with Crippen molar-refractivity contribution in [2.75, 3.05) is 20.2 Å². The Balaban J connectivity index is 0. The summed E-state index contributed by atoms with van der Waals surface area (Å²) < 4.78 is 1.38. The van der Waals surface area contributed by atoms with Gasteiger partial charge in [-0.15, -0.1) is 0 Å². The maximum absolute atomic E-state index is 7.00. The predicted molar refractivity (Wildman–Crippen MR) is 82.3 cm³/mol. The summed E-state index contributed by atoms with van der Waals surface area (Å²) in [6, 6.07) is 0. The smallest absolute Gasteiger partial charge is 0.0319 e.